The Morgan fingerprint density at radius 1 is 1.25 bits per heavy atom. The molecule has 170 valence electrons. The van der Waals surface area contributed by atoms with E-state index in [1.165, 1.54) is 6.20 Å². The van der Waals surface area contributed by atoms with Crippen molar-refractivity contribution in [1.29, 1.82) is 0 Å². The molecule has 0 aromatic carbocycles. The van der Waals surface area contributed by atoms with Crippen LogP contribution in [0.1, 0.15) is 44.6 Å². The quantitative estimate of drug-likeness (QED) is 0.729. The number of primary amides is 1. The number of pyridine rings is 1. The number of fused-ring (bicyclic) bond motifs is 1. The van der Waals surface area contributed by atoms with Gasteiger partial charge in [-0.15, -0.1) is 0 Å². The van der Waals surface area contributed by atoms with Crippen molar-refractivity contribution in [3.8, 4) is 0 Å². The van der Waals surface area contributed by atoms with Gasteiger partial charge in [0.1, 0.15) is 6.10 Å². The van der Waals surface area contributed by atoms with E-state index in [1.807, 2.05) is 0 Å². The summed E-state index contributed by atoms with van der Waals surface area (Å²) in [6, 6.07) is 1.50. The van der Waals surface area contributed by atoms with E-state index >= 15 is 0 Å². The van der Waals surface area contributed by atoms with E-state index < -0.39 is 5.41 Å². The Balaban J connectivity index is 1.16. The third-order valence-electron chi connectivity index (χ3n) is 8.25. The molecule has 9 nitrogen and oxygen atoms in total. The van der Waals surface area contributed by atoms with E-state index in [1.54, 1.807) is 15.5 Å². The molecular formula is C22H26ClN5O4. The van der Waals surface area contributed by atoms with Crippen molar-refractivity contribution in [3.05, 3.63) is 27.8 Å². The fraction of sp³-hybridized carbons (Fsp3) is 0.636. The Morgan fingerprint density at radius 3 is 2.72 bits per heavy atom. The summed E-state index contributed by atoms with van der Waals surface area (Å²) in [6.45, 7) is 0.915. The van der Waals surface area contributed by atoms with Gasteiger partial charge in [0.25, 0.3) is 0 Å². The minimum Gasteiger partial charge on any atom is -0.446 e. The van der Waals surface area contributed by atoms with Crippen LogP contribution in [0.25, 0.3) is 11.2 Å². The smallest absolute Gasteiger partial charge is 0.410 e. The molecular weight excluding hydrogens is 434 g/mol. The van der Waals surface area contributed by atoms with Crippen LogP contribution >= 0.6 is 11.6 Å². The van der Waals surface area contributed by atoms with E-state index in [-0.39, 0.29) is 41.7 Å². The van der Waals surface area contributed by atoms with Gasteiger partial charge in [-0.3, -0.25) is 9.36 Å². The van der Waals surface area contributed by atoms with Crippen LogP contribution in [-0.4, -0.2) is 50.6 Å². The van der Waals surface area contributed by atoms with Gasteiger partial charge in [-0.1, -0.05) is 11.6 Å². The van der Waals surface area contributed by atoms with Crippen LogP contribution < -0.4 is 11.4 Å². The van der Waals surface area contributed by atoms with Crippen LogP contribution in [0, 0.1) is 23.2 Å². The van der Waals surface area contributed by atoms with Gasteiger partial charge in [-0.25, -0.2) is 14.6 Å². The minimum atomic E-state index is -0.398. The van der Waals surface area contributed by atoms with Crippen molar-refractivity contribution < 1.29 is 14.3 Å². The second-order valence-electron chi connectivity index (χ2n) is 10.2. The lowest BCUT2D eigenvalue weighted by Crippen LogP contribution is -2.59. The van der Waals surface area contributed by atoms with Gasteiger partial charge in [-0.05, 0) is 62.3 Å². The molecule has 2 amide bonds. The van der Waals surface area contributed by atoms with E-state index in [2.05, 4.69) is 9.97 Å². The van der Waals surface area contributed by atoms with Gasteiger partial charge in [-0.2, -0.15) is 0 Å². The number of imidazole rings is 1. The summed E-state index contributed by atoms with van der Waals surface area (Å²) < 4.78 is 7.65. The lowest BCUT2D eigenvalue weighted by atomic mass is 9.48. The number of nitrogens with zero attached hydrogens (tertiary/aromatic N) is 3. The highest BCUT2D eigenvalue weighted by atomic mass is 35.5. The van der Waals surface area contributed by atoms with Gasteiger partial charge < -0.3 is 20.4 Å². The number of amides is 2. The number of carbonyl (C=O) groups is 2. The molecule has 5 aliphatic rings. The molecule has 1 saturated heterocycles. The van der Waals surface area contributed by atoms with Crippen molar-refractivity contribution in [2.45, 2.75) is 50.7 Å². The molecule has 4 aliphatic carbocycles. The summed E-state index contributed by atoms with van der Waals surface area (Å²) >= 11 is 5.99. The van der Waals surface area contributed by atoms with Gasteiger partial charge >= 0.3 is 11.8 Å². The lowest BCUT2D eigenvalue weighted by molar-refractivity contribution is -0.161. The number of aromatic nitrogens is 3. The van der Waals surface area contributed by atoms with Crippen LogP contribution in [0.2, 0.25) is 5.02 Å². The summed E-state index contributed by atoms with van der Waals surface area (Å²) in [7, 11) is 0. The first-order valence-corrected chi connectivity index (χ1v) is 11.7. The van der Waals surface area contributed by atoms with Crippen molar-refractivity contribution in [3.63, 3.8) is 0 Å². The first kappa shape index (κ1) is 20.1. The summed E-state index contributed by atoms with van der Waals surface area (Å²) in [4.78, 5) is 46.5. The molecule has 0 spiro atoms. The molecule has 1 aliphatic heterocycles. The summed E-state index contributed by atoms with van der Waals surface area (Å²) in [5.41, 5.74) is 6.23. The first-order valence-electron chi connectivity index (χ1n) is 11.3. The zero-order chi connectivity index (χ0) is 22.2. The van der Waals surface area contributed by atoms with Crippen LogP contribution in [0.5, 0.6) is 0 Å². The first-order chi connectivity index (χ1) is 15.3. The maximum Gasteiger partial charge on any atom is 0.410 e. The maximum atomic E-state index is 13.0. The molecule has 5 fully saturated rings. The van der Waals surface area contributed by atoms with Crippen LogP contribution in [0.15, 0.2) is 17.1 Å². The molecule has 7 rings (SSSR count). The number of hydrogen-bond acceptors (Lipinski definition) is 5. The molecule has 10 heteroatoms. The number of nitrogens with one attached hydrogen (secondary N) is 1. The molecule has 3 heterocycles. The number of halogens is 1. The lowest BCUT2D eigenvalue weighted by Gasteiger charge is -2.58. The molecule has 3 atom stereocenters. The molecule has 2 aromatic rings. The standard InChI is InChI=1S/C22H26ClN5O4/c23-14-5-16-18(25-9-14)28(20(30)26-16)15-1-2-27(10-15)21(31)32-17-12-3-11-4-13(17)8-22(6-11,7-12)19(24)29/h5,9,11-13,15,17H,1-4,6-8,10H2,(H2,24,29)(H,26,30). The van der Waals surface area contributed by atoms with Crippen molar-refractivity contribution in [2.24, 2.45) is 28.9 Å². The average molecular weight is 460 g/mol. The van der Waals surface area contributed by atoms with Gasteiger partial charge in [0.05, 0.1) is 22.0 Å². The van der Waals surface area contributed by atoms with Crippen molar-refractivity contribution in [1.82, 2.24) is 19.4 Å². The highest BCUT2D eigenvalue weighted by molar-refractivity contribution is 6.31. The van der Waals surface area contributed by atoms with Crippen LogP contribution in [0.3, 0.4) is 0 Å². The fourth-order valence-electron chi connectivity index (χ4n) is 7.11. The van der Waals surface area contributed by atoms with E-state index in [0.29, 0.717) is 41.6 Å². The minimum absolute atomic E-state index is 0.148. The molecule has 4 bridgehead atoms. The highest BCUT2D eigenvalue weighted by Gasteiger charge is 2.59. The highest BCUT2D eigenvalue weighted by Crippen LogP contribution is 2.60. The topological polar surface area (TPSA) is 123 Å². The number of aromatic amines is 1. The van der Waals surface area contributed by atoms with E-state index in [9.17, 15) is 14.4 Å². The van der Waals surface area contributed by atoms with Gasteiger partial charge in [0.2, 0.25) is 5.91 Å². The van der Waals surface area contributed by atoms with Gasteiger partial charge in [0, 0.05) is 19.3 Å². The molecule has 3 N–H and O–H groups in total. The predicted octanol–water partition coefficient (Wildman–Crippen LogP) is 2.44. The number of likely N-dealkylation sites (tertiary alicyclic amines) is 1. The Bertz CT molecular complexity index is 1160. The normalized spacial score (nSPS) is 35.5. The van der Waals surface area contributed by atoms with Gasteiger partial charge in [0.15, 0.2) is 5.65 Å². The maximum absolute atomic E-state index is 13.0. The predicted molar refractivity (Wildman–Crippen MR) is 116 cm³/mol. The summed E-state index contributed by atoms with van der Waals surface area (Å²) in [5, 5.41) is 0.455. The largest absolute Gasteiger partial charge is 0.446 e. The van der Waals surface area contributed by atoms with Crippen molar-refractivity contribution in [2.75, 3.05) is 13.1 Å². The Morgan fingerprint density at radius 2 is 2.00 bits per heavy atom. The van der Waals surface area contributed by atoms with Crippen molar-refractivity contribution >= 4 is 34.8 Å². The van der Waals surface area contributed by atoms with Crippen LogP contribution in [0.4, 0.5) is 4.79 Å². The Labute approximate surface area is 189 Å². The molecule has 4 saturated carbocycles. The van der Waals surface area contributed by atoms with E-state index in [4.69, 9.17) is 22.1 Å². The zero-order valence-corrected chi connectivity index (χ0v) is 18.4. The second-order valence-corrected chi connectivity index (χ2v) is 10.6. The molecule has 0 radical (unpaired) electrons. The summed E-state index contributed by atoms with van der Waals surface area (Å²) in [6.07, 6.45) is 6.05. The second kappa shape index (κ2) is 6.97. The number of hydrogen-bond donors (Lipinski definition) is 2. The monoisotopic (exact) mass is 459 g/mol. The number of ether oxygens (including phenoxy) is 1. The molecule has 32 heavy (non-hydrogen) atoms. The SMILES string of the molecule is NC(=O)C12CC3CC(C1)C(OC(=O)N1CCC(n4c(=O)[nH]c5cc(Cl)cnc54)C1)C(C3)C2. The third kappa shape index (κ3) is 2.97. The fourth-order valence-corrected chi connectivity index (χ4v) is 7.27. The number of H-pyrrole nitrogens is 1. The Hall–Kier alpha value is -2.55. The number of nitrogens with two attached hydrogens (primary N) is 1. The average Bonchev–Trinajstić information content (AvgIpc) is 3.33. The zero-order valence-electron chi connectivity index (χ0n) is 17.6. The number of rotatable bonds is 3. The Kier molecular flexibility index (Phi) is 4.38. The molecule has 3 unspecified atom stereocenters. The number of carbonyl (C=O) groups excluding carboxylic acids is 2. The third-order valence-corrected chi connectivity index (χ3v) is 8.46. The summed E-state index contributed by atoms with van der Waals surface area (Å²) in [5.74, 6) is 0.742. The molecule has 2 aromatic heterocycles. The van der Waals surface area contributed by atoms with E-state index in [0.717, 1.165) is 32.1 Å². The van der Waals surface area contributed by atoms with Crippen LogP contribution in [-0.2, 0) is 9.53 Å².